The Bertz CT molecular complexity index is 1110. The van der Waals surface area contributed by atoms with Gasteiger partial charge in [0.2, 0.25) is 11.8 Å². The van der Waals surface area contributed by atoms with Gasteiger partial charge < -0.3 is 30.1 Å². The fraction of sp³-hybridized carbons (Fsp3) is 0.458. The van der Waals surface area contributed by atoms with E-state index in [0.29, 0.717) is 5.69 Å². The first-order valence-corrected chi connectivity index (χ1v) is 12.3. The molecule has 3 N–H and O–H groups in total. The third-order valence-electron chi connectivity index (χ3n) is 5.86. The lowest BCUT2D eigenvalue weighted by molar-refractivity contribution is -0.117. The van der Waals surface area contributed by atoms with Crippen LogP contribution in [-0.2, 0) is 4.79 Å². The van der Waals surface area contributed by atoms with Crippen molar-refractivity contribution in [2.24, 2.45) is 0 Å². The highest BCUT2D eigenvalue weighted by Crippen LogP contribution is 2.26. The van der Waals surface area contributed by atoms with E-state index in [1.807, 2.05) is 0 Å². The van der Waals surface area contributed by atoms with E-state index in [9.17, 15) is 14.0 Å². The predicted molar refractivity (Wildman–Crippen MR) is 143 cm³/mol. The highest BCUT2D eigenvalue weighted by Gasteiger charge is 2.25. The molecule has 0 saturated carbocycles. The van der Waals surface area contributed by atoms with Gasteiger partial charge in [-0.3, -0.25) is 10.1 Å². The highest BCUT2D eigenvalue weighted by molar-refractivity contribution is 7.80. The van der Waals surface area contributed by atoms with Crippen molar-refractivity contribution in [3.8, 4) is 11.6 Å². The van der Waals surface area contributed by atoms with E-state index < -0.39 is 5.82 Å². The van der Waals surface area contributed by atoms with Gasteiger partial charge in [-0.2, -0.15) is 0 Å². The Labute approximate surface area is 221 Å². The van der Waals surface area contributed by atoms with Crippen molar-refractivity contribution in [1.82, 2.24) is 30.0 Å². The number of aromatic nitrogens is 2. The summed E-state index contributed by atoms with van der Waals surface area (Å²) in [4.78, 5) is 38.2. The Morgan fingerprint density at radius 3 is 2.54 bits per heavy atom. The number of nitrogens with one attached hydrogen (secondary N) is 3. The summed E-state index contributed by atoms with van der Waals surface area (Å²) in [5.41, 5.74) is 0.339. The number of hydrogen-bond acceptors (Lipinski definition) is 8. The van der Waals surface area contributed by atoms with Gasteiger partial charge in [0.25, 0.3) is 0 Å². The van der Waals surface area contributed by atoms with Crippen LogP contribution < -0.4 is 20.7 Å². The summed E-state index contributed by atoms with van der Waals surface area (Å²) in [5.74, 6) is -0.779. The van der Waals surface area contributed by atoms with Gasteiger partial charge in [-0.05, 0) is 51.3 Å². The average molecular weight is 533 g/mol. The minimum absolute atomic E-state index is 0.0524. The number of likely N-dealkylation sites (N-methyl/N-ethyl adjacent to an activating group) is 1. The topological polar surface area (TPSA) is 115 Å². The lowest BCUT2D eigenvalue weighted by atomic mass is 10.0. The van der Waals surface area contributed by atoms with Crippen molar-refractivity contribution >= 4 is 40.8 Å². The number of urea groups is 1. The average Bonchev–Trinajstić information content (AvgIpc) is 2.84. The fourth-order valence-corrected chi connectivity index (χ4v) is 4.06. The SMILES string of the molecule is CC(=O)NC(=S)Nc1ccc(Oc2cc(NC(=O)N(C)C3CCN(CCN(C)C)CC3)ncn2)c(F)c1. The second kappa shape index (κ2) is 13.2. The molecule has 3 rings (SSSR count). The summed E-state index contributed by atoms with van der Waals surface area (Å²) in [6.07, 6.45) is 3.03. The van der Waals surface area contributed by atoms with Crippen molar-refractivity contribution in [2.45, 2.75) is 25.8 Å². The zero-order valence-corrected chi connectivity index (χ0v) is 22.3. The number of piperidine rings is 1. The number of hydrogen-bond donors (Lipinski definition) is 3. The zero-order chi connectivity index (χ0) is 26.9. The van der Waals surface area contributed by atoms with Crippen LogP contribution in [0.4, 0.5) is 20.7 Å². The largest absolute Gasteiger partial charge is 0.436 e. The summed E-state index contributed by atoms with van der Waals surface area (Å²) in [5, 5.41) is 7.92. The minimum atomic E-state index is -0.670. The maximum atomic E-state index is 14.6. The monoisotopic (exact) mass is 532 g/mol. The first kappa shape index (κ1) is 28.2. The van der Waals surface area contributed by atoms with Crippen molar-refractivity contribution in [1.29, 1.82) is 0 Å². The van der Waals surface area contributed by atoms with Gasteiger partial charge in [0.15, 0.2) is 16.7 Å². The number of halogens is 1. The van der Waals surface area contributed by atoms with Crippen molar-refractivity contribution < 1.29 is 18.7 Å². The molecule has 2 aromatic rings. The molecule has 1 fully saturated rings. The van der Waals surface area contributed by atoms with Crippen LogP contribution in [0.5, 0.6) is 11.6 Å². The Balaban J connectivity index is 1.54. The minimum Gasteiger partial charge on any atom is -0.436 e. The van der Waals surface area contributed by atoms with Crippen LogP contribution in [0, 0.1) is 5.82 Å². The maximum absolute atomic E-state index is 14.6. The summed E-state index contributed by atoms with van der Waals surface area (Å²) in [6.45, 7) is 5.24. The third kappa shape index (κ3) is 8.88. The van der Waals surface area contributed by atoms with E-state index in [1.54, 1.807) is 11.9 Å². The number of carbonyl (C=O) groups is 2. The van der Waals surface area contributed by atoms with Gasteiger partial charge in [-0.25, -0.2) is 19.2 Å². The maximum Gasteiger partial charge on any atom is 0.323 e. The van der Waals surface area contributed by atoms with Crippen molar-refractivity contribution in [3.63, 3.8) is 0 Å². The van der Waals surface area contributed by atoms with Crippen LogP contribution in [0.2, 0.25) is 0 Å². The summed E-state index contributed by atoms with van der Waals surface area (Å²) in [7, 11) is 5.90. The van der Waals surface area contributed by atoms with Gasteiger partial charge >= 0.3 is 6.03 Å². The summed E-state index contributed by atoms with van der Waals surface area (Å²) < 4.78 is 20.1. The van der Waals surface area contributed by atoms with Gasteiger partial charge in [-0.1, -0.05) is 0 Å². The third-order valence-corrected chi connectivity index (χ3v) is 6.06. The van der Waals surface area contributed by atoms with Gasteiger partial charge in [0.1, 0.15) is 12.1 Å². The summed E-state index contributed by atoms with van der Waals surface area (Å²) >= 11 is 4.97. The molecule has 0 bridgehead atoms. The number of rotatable bonds is 8. The number of likely N-dealkylation sites (tertiary alicyclic amines) is 1. The number of benzene rings is 1. The molecule has 0 radical (unpaired) electrons. The van der Waals surface area contributed by atoms with Crippen LogP contribution in [0.3, 0.4) is 0 Å². The van der Waals surface area contributed by atoms with Gasteiger partial charge in [-0.15, -0.1) is 0 Å². The number of nitrogens with zero attached hydrogens (tertiary/aromatic N) is 5. The second-order valence-electron chi connectivity index (χ2n) is 9.04. The molecule has 11 nitrogen and oxygen atoms in total. The molecule has 1 aromatic heterocycles. The number of anilines is 2. The lowest BCUT2D eigenvalue weighted by Crippen LogP contribution is -2.48. The van der Waals surface area contributed by atoms with E-state index in [4.69, 9.17) is 17.0 Å². The molecule has 2 heterocycles. The van der Waals surface area contributed by atoms with Crippen molar-refractivity contribution in [2.75, 3.05) is 58.0 Å². The van der Waals surface area contributed by atoms with E-state index in [0.717, 1.165) is 39.0 Å². The molecular formula is C24H33FN8O3S. The Kier molecular flexibility index (Phi) is 10.1. The van der Waals surface area contributed by atoms with E-state index >= 15 is 0 Å². The molecule has 200 valence electrons. The second-order valence-corrected chi connectivity index (χ2v) is 9.45. The molecule has 1 aliphatic rings. The van der Waals surface area contributed by atoms with Crippen LogP contribution >= 0.6 is 12.2 Å². The quantitative estimate of drug-likeness (QED) is 0.442. The van der Waals surface area contributed by atoms with E-state index in [-0.39, 0.29) is 40.5 Å². The highest BCUT2D eigenvalue weighted by atomic mass is 32.1. The molecule has 1 aliphatic heterocycles. The van der Waals surface area contributed by atoms with Gasteiger partial charge in [0.05, 0.1) is 0 Å². The van der Waals surface area contributed by atoms with E-state index in [2.05, 4.69) is 49.8 Å². The normalized spacial score (nSPS) is 14.2. The first-order chi connectivity index (χ1) is 17.6. The Morgan fingerprint density at radius 1 is 1.16 bits per heavy atom. The van der Waals surface area contributed by atoms with Crippen LogP contribution in [0.25, 0.3) is 0 Å². The number of thiocarbonyl (C=S) groups is 1. The first-order valence-electron chi connectivity index (χ1n) is 11.9. The standard InChI is InChI=1S/C24H33FN8O3S/c1-16(34)28-23(37)29-17-5-6-20(19(25)13-17)36-22-14-21(26-15-27-22)30-24(35)32(4)18-7-9-33(10-8-18)12-11-31(2)3/h5-6,13-15,18H,7-12H2,1-4H3,(H,26,27,30,35)(H2,28,29,34,37). The predicted octanol–water partition coefficient (Wildman–Crippen LogP) is 2.73. The zero-order valence-electron chi connectivity index (χ0n) is 21.5. The molecule has 0 aliphatic carbocycles. The fourth-order valence-electron chi connectivity index (χ4n) is 3.80. The number of amides is 3. The van der Waals surface area contributed by atoms with E-state index in [1.165, 1.54) is 37.5 Å². The lowest BCUT2D eigenvalue weighted by Gasteiger charge is -2.37. The molecule has 0 unspecified atom stereocenters. The molecule has 3 amide bonds. The van der Waals surface area contributed by atoms with Crippen LogP contribution in [-0.4, -0.2) is 95.1 Å². The van der Waals surface area contributed by atoms with Crippen LogP contribution in [0.1, 0.15) is 19.8 Å². The molecule has 1 aromatic carbocycles. The smallest absolute Gasteiger partial charge is 0.323 e. The molecular weight excluding hydrogens is 499 g/mol. The molecule has 0 spiro atoms. The molecule has 1 saturated heterocycles. The Hall–Kier alpha value is -3.42. The Morgan fingerprint density at radius 2 is 1.89 bits per heavy atom. The van der Waals surface area contributed by atoms with Crippen molar-refractivity contribution in [3.05, 3.63) is 36.4 Å². The molecule has 37 heavy (non-hydrogen) atoms. The molecule has 0 atom stereocenters. The molecule has 13 heteroatoms. The number of ether oxygens (including phenoxy) is 1. The van der Waals surface area contributed by atoms with Gasteiger partial charge in [0, 0.05) is 64.0 Å². The van der Waals surface area contributed by atoms with Crippen LogP contribution in [0.15, 0.2) is 30.6 Å². The summed E-state index contributed by atoms with van der Waals surface area (Å²) in [6, 6.07) is 5.38. The number of carbonyl (C=O) groups excluding carboxylic acids is 2.